The van der Waals surface area contributed by atoms with Crippen LogP contribution in [0, 0.1) is 6.92 Å². The quantitative estimate of drug-likeness (QED) is 0.858. The van der Waals surface area contributed by atoms with E-state index >= 15 is 0 Å². The molecule has 6 nitrogen and oxygen atoms in total. The number of benzene rings is 1. The number of aliphatic hydroxyl groups excluding tert-OH is 1. The maximum absolute atomic E-state index is 12.3. The fraction of sp³-hybridized carbons (Fsp3) is 0.467. The zero-order chi connectivity index (χ0) is 15.6. The Labute approximate surface area is 122 Å². The highest BCUT2D eigenvalue weighted by molar-refractivity contribution is 5.87. The molecule has 2 rings (SSSR count). The van der Waals surface area contributed by atoms with E-state index in [0.717, 1.165) is 5.56 Å². The predicted molar refractivity (Wildman–Crippen MR) is 75.0 cm³/mol. The standard InChI is InChI=1S/C15H19NO5/c1-9-4-3-5-12(6-9)21-10(2)14(18)16-8-11(17)7-13(16)15(19)20/h3-6,10-11,13,17H,7-8H2,1-2H3,(H,19,20)/t10?,11-,13-/m1/s1. The molecule has 0 aliphatic carbocycles. The van der Waals surface area contributed by atoms with Gasteiger partial charge in [0.15, 0.2) is 6.10 Å². The first-order valence-electron chi connectivity index (χ1n) is 6.83. The summed E-state index contributed by atoms with van der Waals surface area (Å²) in [7, 11) is 0. The Balaban J connectivity index is 2.06. The molecule has 1 heterocycles. The average Bonchev–Trinajstić information content (AvgIpc) is 2.80. The smallest absolute Gasteiger partial charge is 0.326 e. The summed E-state index contributed by atoms with van der Waals surface area (Å²) < 4.78 is 5.57. The van der Waals surface area contributed by atoms with Crippen molar-refractivity contribution >= 4 is 11.9 Å². The third-order valence-corrected chi connectivity index (χ3v) is 3.50. The van der Waals surface area contributed by atoms with Gasteiger partial charge in [-0.15, -0.1) is 0 Å². The topological polar surface area (TPSA) is 87.1 Å². The van der Waals surface area contributed by atoms with E-state index < -0.39 is 30.1 Å². The maximum atomic E-state index is 12.3. The summed E-state index contributed by atoms with van der Waals surface area (Å²) in [5.74, 6) is -0.981. The van der Waals surface area contributed by atoms with Crippen molar-refractivity contribution in [3.63, 3.8) is 0 Å². The molecule has 0 bridgehead atoms. The number of ether oxygens (including phenoxy) is 1. The number of aryl methyl sites for hydroxylation is 1. The number of aliphatic carboxylic acids is 1. The lowest BCUT2D eigenvalue weighted by Gasteiger charge is -2.25. The highest BCUT2D eigenvalue weighted by Gasteiger charge is 2.40. The summed E-state index contributed by atoms with van der Waals surface area (Å²) in [5, 5.41) is 18.7. The van der Waals surface area contributed by atoms with Crippen molar-refractivity contribution in [1.29, 1.82) is 0 Å². The van der Waals surface area contributed by atoms with Gasteiger partial charge in [-0.1, -0.05) is 12.1 Å². The lowest BCUT2D eigenvalue weighted by Crippen LogP contribution is -2.46. The molecule has 0 saturated carbocycles. The molecular weight excluding hydrogens is 274 g/mol. The molecule has 114 valence electrons. The molecule has 1 fully saturated rings. The number of carboxylic acid groups (broad SMARTS) is 1. The SMILES string of the molecule is Cc1cccc(OC(C)C(=O)N2C[C@H](O)C[C@@H]2C(=O)O)c1. The molecule has 1 aromatic carbocycles. The molecule has 2 N–H and O–H groups in total. The van der Waals surface area contributed by atoms with Crippen LogP contribution in [0.4, 0.5) is 0 Å². The van der Waals surface area contributed by atoms with Crippen LogP contribution < -0.4 is 4.74 Å². The molecule has 0 spiro atoms. The minimum Gasteiger partial charge on any atom is -0.481 e. The Bertz CT molecular complexity index is 545. The van der Waals surface area contributed by atoms with E-state index in [1.165, 1.54) is 4.90 Å². The molecular formula is C15H19NO5. The van der Waals surface area contributed by atoms with E-state index in [9.17, 15) is 14.7 Å². The maximum Gasteiger partial charge on any atom is 0.326 e. The Hall–Kier alpha value is -2.08. The lowest BCUT2D eigenvalue weighted by atomic mass is 10.2. The first kappa shape index (κ1) is 15.3. The van der Waals surface area contributed by atoms with Crippen LogP contribution in [0.5, 0.6) is 5.75 Å². The first-order valence-corrected chi connectivity index (χ1v) is 6.83. The molecule has 21 heavy (non-hydrogen) atoms. The minimum absolute atomic E-state index is 0.0251. The van der Waals surface area contributed by atoms with Crippen LogP contribution in [-0.4, -0.2) is 51.8 Å². The van der Waals surface area contributed by atoms with Crippen LogP contribution >= 0.6 is 0 Å². The zero-order valence-electron chi connectivity index (χ0n) is 12.0. The summed E-state index contributed by atoms with van der Waals surface area (Å²) in [6.07, 6.45) is -1.56. The van der Waals surface area contributed by atoms with Gasteiger partial charge in [0.1, 0.15) is 11.8 Å². The Morgan fingerprint density at radius 1 is 1.43 bits per heavy atom. The number of nitrogens with zero attached hydrogens (tertiary/aromatic N) is 1. The number of likely N-dealkylation sites (tertiary alicyclic amines) is 1. The molecule has 3 atom stereocenters. The summed E-state index contributed by atoms with van der Waals surface area (Å²) >= 11 is 0. The lowest BCUT2D eigenvalue weighted by molar-refractivity contribution is -0.150. The Morgan fingerprint density at radius 3 is 2.76 bits per heavy atom. The van der Waals surface area contributed by atoms with E-state index in [2.05, 4.69) is 0 Å². The van der Waals surface area contributed by atoms with Crippen LogP contribution in [0.25, 0.3) is 0 Å². The largest absolute Gasteiger partial charge is 0.481 e. The van der Waals surface area contributed by atoms with Crippen molar-refractivity contribution in [3.8, 4) is 5.75 Å². The second-order valence-electron chi connectivity index (χ2n) is 5.31. The van der Waals surface area contributed by atoms with E-state index in [-0.39, 0.29) is 13.0 Å². The monoisotopic (exact) mass is 293 g/mol. The van der Waals surface area contributed by atoms with Crippen LogP contribution in [0.3, 0.4) is 0 Å². The van der Waals surface area contributed by atoms with Gasteiger partial charge >= 0.3 is 5.97 Å². The number of amides is 1. The third kappa shape index (κ3) is 3.52. The van der Waals surface area contributed by atoms with Crippen LogP contribution in [0.15, 0.2) is 24.3 Å². The van der Waals surface area contributed by atoms with Gasteiger partial charge in [0.2, 0.25) is 0 Å². The van der Waals surface area contributed by atoms with Gasteiger partial charge < -0.3 is 19.8 Å². The molecule has 1 aliphatic heterocycles. The number of hydrogen-bond donors (Lipinski definition) is 2. The number of β-amino-alcohol motifs (C(OH)–C–C–N with tert-alkyl or cyclic N) is 1. The summed E-state index contributed by atoms with van der Waals surface area (Å²) in [6, 6.07) is 6.29. The van der Waals surface area contributed by atoms with Crippen LogP contribution in [-0.2, 0) is 9.59 Å². The van der Waals surface area contributed by atoms with Crippen molar-refractivity contribution in [1.82, 2.24) is 4.90 Å². The molecule has 0 aromatic heterocycles. The van der Waals surface area contributed by atoms with Gasteiger partial charge in [0, 0.05) is 13.0 Å². The fourth-order valence-electron chi connectivity index (χ4n) is 2.47. The molecule has 1 amide bonds. The fourth-order valence-corrected chi connectivity index (χ4v) is 2.47. The van der Waals surface area contributed by atoms with Crippen molar-refractivity contribution < 1.29 is 24.5 Å². The predicted octanol–water partition coefficient (Wildman–Crippen LogP) is 0.809. The number of aliphatic hydroxyl groups is 1. The van der Waals surface area contributed by atoms with Crippen molar-refractivity contribution in [3.05, 3.63) is 29.8 Å². The van der Waals surface area contributed by atoms with Gasteiger partial charge in [0.25, 0.3) is 5.91 Å². The van der Waals surface area contributed by atoms with E-state index in [1.54, 1.807) is 19.1 Å². The van der Waals surface area contributed by atoms with Gasteiger partial charge in [-0.3, -0.25) is 4.79 Å². The van der Waals surface area contributed by atoms with Gasteiger partial charge in [-0.05, 0) is 31.5 Å². The average molecular weight is 293 g/mol. The summed E-state index contributed by atoms with van der Waals surface area (Å²) in [5.41, 5.74) is 1.01. The van der Waals surface area contributed by atoms with Crippen molar-refractivity contribution in [2.45, 2.75) is 38.5 Å². The molecule has 0 radical (unpaired) electrons. The number of carboxylic acids is 1. The van der Waals surface area contributed by atoms with Crippen LogP contribution in [0.1, 0.15) is 18.9 Å². The summed E-state index contributed by atoms with van der Waals surface area (Å²) in [6.45, 7) is 3.52. The van der Waals surface area contributed by atoms with Gasteiger partial charge in [-0.25, -0.2) is 4.79 Å². The number of rotatable bonds is 4. The summed E-state index contributed by atoms with van der Waals surface area (Å²) in [4.78, 5) is 24.6. The molecule has 1 unspecified atom stereocenters. The second-order valence-corrected chi connectivity index (χ2v) is 5.31. The van der Waals surface area contributed by atoms with Crippen molar-refractivity contribution in [2.75, 3.05) is 6.54 Å². The Morgan fingerprint density at radius 2 is 2.14 bits per heavy atom. The second kappa shape index (κ2) is 6.13. The number of carbonyl (C=O) groups is 2. The van der Waals surface area contributed by atoms with E-state index in [0.29, 0.717) is 5.75 Å². The highest BCUT2D eigenvalue weighted by atomic mass is 16.5. The first-order chi connectivity index (χ1) is 9.88. The number of hydrogen-bond acceptors (Lipinski definition) is 4. The molecule has 1 aromatic rings. The molecule has 1 aliphatic rings. The zero-order valence-corrected chi connectivity index (χ0v) is 12.0. The molecule has 1 saturated heterocycles. The van der Waals surface area contributed by atoms with Gasteiger partial charge in [-0.2, -0.15) is 0 Å². The third-order valence-electron chi connectivity index (χ3n) is 3.50. The highest BCUT2D eigenvalue weighted by Crippen LogP contribution is 2.21. The normalized spacial score (nSPS) is 22.9. The van der Waals surface area contributed by atoms with Gasteiger partial charge in [0.05, 0.1) is 6.10 Å². The number of carbonyl (C=O) groups excluding carboxylic acids is 1. The van der Waals surface area contributed by atoms with E-state index in [4.69, 9.17) is 9.84 Å². The minimum atomic E-state index is -1.11. The Kier molecular flexibility index (Phi) is 4.47. The van der Waals surface area contributed by atoms with Crippen molar-refractivity contribution in [2.24, 2.45) is 0 Å². The molecule has 6 heteroatoms. The van der Waals surface area contributed by atoms with Crippen LogP contribution in [0.2, 0.25) is 0 Å². The van der Waals surface area contributed by atoms with E-state index in [1.807, 2.05) is 19.1 Å².